The Bertz CT molecular complexity index is 470. The summed E-state index contributed by atoms with van der Waals surface area (Å²) in [7, 11) is 0. The molecule has 1 fully saturated rings. The van der Waals surface area contributed by atoms with Gasteiger partial charge in [-0.25, -0.2) is 4.98 Å². The fraction of sp³-hybridized carbons (Fsp3) is 0.583. The molecule has 0 bridgehead atoms. The Kier molecular flexibility index (Phi) is 3.14. The molecule has 5 nitrogen and oxygen atoms in total. The van der Waals surface area contributed by atoms with E-state index in [0.29, 0.717) is 0 Å². The summed E-state index contributed by atoms with van der Waals surface area (Å²) in [5.74, 6) is -0.186. The van der Waals surface area contributed by atoms with Gasteiger partial charge in [0.2, 0.25) is 11.8 Å². The highest BCUT2D eigenvalue weighted by Gasteiger charge is 2.45. The van der Waals surface area contributed by atoms with Crippen LogP contribution >= 0.6 is 11.3 Å². The minimum Gasteiger partial charge on any atom is -0.343 e. The van der Waals surface area contributed by atoms with E-state index in [4.69, 9.17) is 0 Å². The third-order valence-electron chi connectivity index (χ3n) is 3.29. The minimum atomic E-state index is -0.573. The number of nitrogens with zero attached hydrogens (tertiary/aromatic N) is 2. The molecule has 0 aromatic carbocycles. The summed E-state index contributed by atoms with van der Waals surface area (Å²) in [5.41, 5.74) is -0.573. The van der Waals surface area contributed by atoms with Crippen molar-refractivity contribution in [3.8, 4) is 0 Å². The van der Waals surface area contributed by atoms with E-state index in [9.17, 15) is 9.59 Å². The molecule has 0 spiro atoms. The zero-order valence-corrected chi connectivity index (χ0v) is 11.7. The van der Waals surface area contributed by atoms with Crippen LogP contribution in [0.2, 0.25) is 0 Å². The van der Waals surface area contributed by atoms with Gasteiger partial charge in [-0.1, -0.05) is 0 Å². The maximum Gasteiger partial charge on any atom is 0.246 e. The molecule has 2 unspecified atom stereocenters. The number of aromatic nitrogens is 1. The van der Waals surface area contributed by atoms with Gasteiger partial charge in [0.15, 0.2) is 0 Å². The van der Waals surface area contributed by atoms with E-state index in [2.05, 4.69) is 10.3 Å². The Morgan fingerprint density at radius 3 is 2.61 bits per heavy atom. The number of carbonyl (C=O) groups excluding carboxylic acids is 2. The third kappa shape index (κ3) is 1.90. The average Bonchev–Trinajstić information content (AvgIpc) is 2.80. The molecule has 1 aliphatic rings. The van der Waals surface area contributed by atoms with Crippen LogP contribution < -0.4 is 5.32 Å². The molecule has 2 amide bonds. The first-order chi connectivity index (χ1) is 8.35. The highest BCUT2D eigenvalue weighted by Crippen LogP contribution is 2.33. The molecule has 18 heavy (non-hydrogen) atoms. The summed E-state index contributed by atoms with van der Waals surface area (Å²) < 4.78 is 0. The summed E-state index contributed by atoms with van der Waals surface area (Å²) in [4.78, 5) is 30.1. The van der Waals surface area contributed by atoms with E-state index < -0.39 is 17.6 Å². The second-order valence-corrected chi connectivity index (χ2v) is 5.91. The molecule has 2 heterocycles. The molecule has 2 rings (SSSR count). The number of piperazine rings is 1. The van der Waals surface area contributed by atoms with Crippen LogP contribution in [0.1, 0.15) is 32.7 Å². The van der Waals surface area contributed by atoms with Crippen molar-refractivity contribution in [2.75, 3.05) is 0 Å². The van der Waals surface area contributed by atoms with E-state index in [1.165, 1.54) is 11.3 Å². The van der Waals surface area contributed by atoms with E-state index in [0.717, 1.165) is 5.01 Å². The molecule has 6 heteroatoms. The lowest BCUT2D eigenvalue weighted by Gasteiger charge is -2.45. The number of thiazole rings is 1. The normalized spacial score (nSPS) is 25.2. The number of hydrogen-bond acceptors (Lipinski definition) is 4. The Morgan fingerprint density at radius 2 is 2.06 bits per heavy atom. The summed E-state index contributed by atoms with van der Waals surface area (Å²) in [5, 5.41) is 5.39. The Morgan fingerprint density at radius 1 is 1.39 bits per heavy atom. The van der Waals surface area contributed by atoms with Crippen LogP contribution in [-0.2, 0) is 15.1 Å². The van der Waals surface area contributed by atoms with Crippen LogP contribution in [0.15, 0.2) is 11.6 Å². The van der Waals surface area contributed by atoms with Gasteiger partial charge in [0.05, 0.1) is 5.54 Å². The zero-order valence-electron chi connectivity index (χ0n) is 10.9. The molecule has 1 aliphatic heterocycles. The van der Waals surface area contributed by atoms with Gasteiger partial charge < -0.3 is 10.2 Å². The number of hydrogen-bond donors (Lipinski definition) is 1. The third-order valence-corrected chi connectivity index (χ3v) is 4.38. The van der Waals surface area contributed by atoms with E-state index in [1.807, 2.05) is 19.2 Å². The fourth-order valence-electron chi connectivity index (χ4n) is 2.30. The Balaban J connectivity index is 2.41. The maximum absolute atomic E-state index is 12.3. The van der Waals surface area contributed by atoms with Crippen LogP contribution in [0.3, 0.4) is 0 Å². The van der Waals surface area contributed by atoms with Crippen LogP contribution in [-0.4, -0.2) is 33.8 Å². The maximum atomic E-state index is 12.3. The monoisotopic (exact) mass is 267 g/mol. The molecule has 1 saturated heterocycles. The number of nitrogens with one attached hydrogen (secondary N) is 1. The summed E-state index contributed by atoms with van der Waals surface area (Å²) in [6.45, 7) is 7.29. The lowest BCUT2D eigenvalue weighted by Crippen LogP contribution is -2.65. The first kappa shape index (κ1) is 13.0. The lowest BCUT2D eigenvalue weighted by atomic mass is 9.97. The Hall–Kier alpha value is -1.43. The first-order valence-electron chi connectivity index (χ1n) is 5.89. The van der Waals surface area contributed by atoms with E-state index >= 15 is 0 Å². The predicted molar refractivity (Wildman–Crippen MR) is 69.1 cm³/mol. The molecule has 1 aromatic rings. The van der Waals surface area contributed by atoms with E-state index in [-0.39, 0.29) is 11.8 Å². The SMILES string of the molecule is CC1NC(=O)C(C)N(C(C)(C)c2nccs2)C1=O. The van der Waals surface area contributed by atoms with Gasteiger partial charge in [-0.3, -0.25) is 9.59 Å². The van der Waals surface area contributed by atoms with Crippen molar-refractivity contribution in [3.05, 3.63) is 16.6 Å². The van der Waals surface area contributed by atoms with Crippen LogP contribution in [0.4, 0.5) is 0 Å². The summed E-state index contributed by atoms with van der Waals surface area (Å²) >= 11 is 1.49. The molecule has 1 aromatic heterocycles. The van der Waals surface area contributed by atoms with Crippen molar-refractivity contribution in [1.29, 1.82) is 0 Å². The van der Waals surface area contributed by atoms with Crippen molar-refractivity contribution in [3.63, 3.8) is 0 Å². The Labute approximate surface area is 110 Å². The second-order valence-electron chi connectivity index (χ2n) is 5.01. The van der Waals surface area contributed by atoms with Gasteiger partial charge in [0.1, 0.15) is 17.1 Å². The van der Waals surface area contributed by atoms with Gasteiger partial charge in [0, 0.05) is 11.6 Å². The van der Waals surface area contributed by atoms with Gasteiger partial charge in [-0.05, 0) is 27.7 Å². The van der Waals surface area contributed by atoms with E-state index in [1.54, 1.807) is 24.9 Å². The molecule has 0 aliphatic carbocycles. The predicted octanol–water partition coefficient (Wildman–Crippen LogP) is 1.11. The molecule has 98 valence electrons. The molecule has 0 radical (unpaired) electrons. The fourth-order valence-corrected chi connectivity index (χ4v) is 3.06. The molecule has 2 atom stereocenters. The largest absolute Gasteiger partial charge is 0.343 e. The standard InChI is InChI=1S/C12H17N3O2S/c1-7-10(17)15(8(2)9(16)14-7)12(3,4)11-13-5-6-18-11/h5-8H,1-4H3,(H,14,16). The topological polar surface area (TPSA) is 62.3 Å². The van der Waals surface area contributed by atoms with Crippen molar-refractivity contribution < 1.29 is 9.59 Å². The average molecular weight is 267 g/mol. The van der Waals surface area contributed by atoms with Crippen LogP contribution in [0.5, 0.6) is 0 Å². The smallest absolute Gasteiger partial charge is 0.246 e. The number of amides is 2. The number of rotatable bonds is 2. The molecular weight excluding hydrogens is 250 g/mol. The highest BCUT2D eigenvalue weighted by molar-refractivity contribution is 7.09. The first-order valence-corrected chi connectivity index (χ1v) is 6.77. The van der Waals surface area contributed by atoms with Gasteiger partial charge >= 0.3 is 0 Å². The molecule has 1 N–H and O–H groups in total. The van der Waals surface area contributed by atoms with Crippen molar-refractivity contribution in [1.82, 2.24) is 15.2 Å². The summed E-state index contributed by atoms with van der Waals surface area (Å²) in [6.07, 6.45) is 1.71. The summed E-state index contributed by atoms with van der Waals surface area (Å²) in [6, 6.07) is -0.958. The van der Waals surface area contributed by atoms with Gasteiger partial charge in [-0.15, -0.1) is 11.3 Å². The van der Waals surface area contributed by atoms with Crippen molar-refractivity contribution in [2.24, 2.45) is 0 Å². The molecular formula is C12H17N3O2S. The zero-order chi connectivity index (χ0) is 13.5. The van der Waals surface area contributed by atoms with Crippen LogP contribution in [0, 0.1) is 0 Å². The quantitative estimate of drug-likeness (QED) is 0.873. The minimum absolute atomic E-state index is 0.0673. The van der Waals surface area contributed by atoms with Crippen molar-refractivity contribution in [2.45, 2.75) is 45.3 Å². The highest BCUT2D eigenvalue weighted by atomic mass is 32.1. The van der Waals surface area contributed by atoms with Gasteiger partial charge in [-0.2, -0.15) is 0 Å². The van der Waals surface area contributed by atoms with Crippen molar-refractivity contribution >= 4 is 23.2 Å². The number of carbonyl (C=O) groups is 2. The molecule has 0 saturated carbocycles. The second kappa shape index (κ2) is 4.35. The van der Waals surface area contributed by atoms with Gasteiger partial charge in [0.25, 0.3) is 0 Å². The van der Waals surface area contributed by atoms with Crippen LogP contribution in [0.25, 0.3) is 0 Å². The lowest BCUT2D eigenvalue weighted by molar-refractivity contribution is -0.155.